The average molecular weight is 335 g/mol. The maximum atomic E-state index is 4.98. The predicted octanol–water partition coefficient (Wildman–Crippen LogP) is 2.66. The van der Waals surface area contributed by atoms with Gasteiger partial charge < -0.3 is 9.80 Å². The molecule has 4 aliphatic rings. The molecule has 1 spiro atoms. The van der Waals surface area contributed by atoms with Crippen molar-refractivity contribution in [1.29, 1.82) is 0 Å². The molecule has 0 amide bonds. The van der Waals surface area contributed by atoms with E-state index in [1.54, 1.807) is 0 Å². The van der Waals surface area contributed by atoms with Crippen molar-refractivity contribution in [2.24, 2.45) is 0 Å². The fourth-order valence-electron chi connectivity index (χ4n) is 4.06. The molecule has 130 valence electrons. The molecule has 4 heterocycles. The number of rotatable bonds is 1. The fourth-order valence-corrected chi connectivity index (χ4v) is 4.06. The Bertz CT molecular complexity index is 781. The Morgan fingerprint density at radius 2 is 1.72 bits per heavy atom. The zero-order valence-electron chi connectivity index (χ0n) is 14.9. The average Bonchev–Trinajstić information content (AvgIpc) is 3.45. The van der Waals surface area contributed by atoms with Gasteiger partial charge in [-0.3, -0.25) is 0 Å². The number of nitrogens with zero attached hydrogens (tertiary/aromatic N) is 5. The molecule has 1 aromatic heterocycles. The Hall–Kier alpha value is -2.01. The molecule has 0 N–H and O–H groups in total. The van der Waals surface area contributed by atoms with E-state index in [0.717, 1.165) is 68.6 Å². The summed E-state index contributed by atoms with van der Waals surface area (Å²) < 4.78 is 0. The van der Waals surface area contributed by atoms with Gasteiger partial charge in [-0.25, -0.2) is 4.98 Å². The molecule has 3 aliphatic heterocycles. The number of hydrogen-bond donors (Lipinski definition) is 0. The first-order chi connectivity index (χ1) is 12.2. The zero-order valence-corrected chi connectivity index (χ0v) is 14.9. The quantitative estimate of drug-likeness (QED) is 0.802. The van der Waals surface area contributed by atoms with Crippen LogP contribution in [0, 0.1) is 0 Å². The van der Waals surface area contributed by atoms with Crippen molar-refractivity contribution < 1.29 is 0 Å². The van der Waals surface area contributed by atoms with E-state index in [1.807, 2.05) is 0 Å². The number of aromatic nitrogens is 3. The summed E-state index contributed by atoms with van der Waals surface area (Å²) in [6.07, 6.45) is 5.86. The summed E-state index contributed by atoms with van der Waals surface area (Å²) in [6, 6.07) is 8.81. The van der Waals surface area contributed by atoms with Gasteiger partial charge in [0.25, 0.3) is 0 Å². The zero-order chi connectivity index (χ0) is 16.9. The van der Waals surface area contributed by atoms with Crippen LogP contribution in [0.3, 0.4) is 0 Å². The molecular formula is C20H25N5. The Morgan fingerprint density at radius 1 is 0.880 bits per heavy atom. The van der Waals surface area contributed by atoms with E-state index in [-0.39, 0.29) is 5.41 Å². The van der Waals surface area contributed by atoms with Gasteiger partial charge in [-0.2, -0.15) is 9.97 Å². The van der Waals surface area contributed by atoms with Gasteiger partial charge in [-0.05, 0) is 51.3 Å². The van der Waals surface area contributed by atoms with E-state index < -0.39 is 0 Å². The molecule has 6 rings (SSSR count). The number of anilines is 1. The Kier molecular flexibility index (Phi) is 3.52. The lowest BCUT2D eigenvalue weighted by molar-refractivity contribution is 0.360. The van der Waals surface area contributed by atoms with Gasteiger partial charge >= 0.3 is 0 Å². The standard InChI is InChI=1S/C20H25N5/c1-24-11-2-12-25(14-13-24)19-22-17-16-5-3-15(4-6-16)7-8-20(9-10-20)18(21-17)23-19/h3-6H,2,7-14H2,1H3. The van der Waals surface area contributed by atoms with Gasteiger partial charge in [0, 0.05) is 30.6 Å². The highest BCUT2D eigenvalue weighted by Crippen LogP contribution is 2.51. The maximum absolute atomic E-state index is 4.98. The van der Waals surface area contributed by atoms with Crippen molar-refractivity contribution in [3.05, 3.63) is 35.7 Å². The van der Waals surface area contributed by atoms with Crippen molar-refractivity contribution >= 4 is 5.95 Å². The van der Waals surface area contributed by atoms with Crippen LogP contribution in [0.1, 0.15) is 37.1 Å². The molecule has 2 fully saturated rings. The monoisotopic (exact) mass is 335 g/mol. The van der Waals surface area contributed by atoms with Crippen LogP contribution in [0.2, 0.25) is 0 Å². The first-order valence-electron chi connectivity index (χ1n) is 9.51. The summed E-state index contributed by atoms with van der Waals surface area (Å²) in [4.78, 5) is 19.5. The number of likely N-dealkylation sites (N-methyl/N-ethyl adjacent to an activating group) is 1. The van der Waals surface area contributed by atoms with Crippen molar-refractivity contribution in [2.75, 3.05) is 38.1 Å². The van der Waals surface area contributed by atoms with Crippen LogP contribution in [0.4, 0.5) is 5.95 Å². The van der Waals surface area contributed by atoms with Crippen molar-refractivity contribution in [2.45, 2.75) is 37.5 Å². The SMILES string of the molecule is CN1CCCN(c2nc3nc(n2)C2(CCc4ccc-3cc4)CC2)CC1. The lowest BCUT2D eigenvalue weighted by Gasteiger charge is -2.23. The lowest BCUT2D eigenvalue weighted by atomic mass is 9.94. The molecule has 5 heteroatoms. The molecule has 0 unspecified atom stereocenters. The molecule has 1 aromatic carbocycles. The molecule has 1 saturated carbocycles. The van der Waals surface area contributed by atoms with E-state index >= 15 is 0 Å². The van der Waals surface area contributed by atoms with Crippen LogP contribution in [-0.4, -0.2) is 53.1 Å². The molecule has 1 aliphatic carbocycles. The van der Waals surface area contributed by atoms with E-state index in [1.165, 1.54) is 18.4 Å². The summed E-state index contributed by atoms with van der Waals surface area (Å²) in [5.41, 5.74) is 2.72. The third-order valence-corrected chi connectivity index (χ3v) is 6.06. The Balaban J connectivity index is 1.60. The van der Waals surface area contributed by atoms with Crippen molar-refractivity contribution in [3.8, 4) is 11.4 Å². The van der Waals surface area contributed by atoms with Crippen LogP contribution >= 0.6 is 0 Å². The predicted molar refractivity (Wildman–Crippen MR) is 98.8 cm³/mol. The highest BCUT2D eigenvalue weighted by atomic mass is 15.3. The second-order valence-electron chi connectivity index (χ2n) is 7.90. The molecule has 4 bridgehead atoms. The molecule has 2 aromatic rings. The highest BCUT2D eigenvalue weighted by Gasteiger charge is 2.47. The molecule has 25 heavy (non-hydrogen) atoms. The topological polar surface area (TPSA) is 45.2 Å². The largest absolute Gasteiger partial charge is 0.339 e. The van der Waals surface area contributed by atoms with E-state index in [0.29, 0.717) is 0 Å². The van der Waals surface area contributed by atoms with Gasteiger partial charge in [0.2, 0.25) is 5.95 Å². The Labute approximate surface area is 149 Å². The maximum Gasteiger partial charge on any atom is 0.229 e. The molecular weight excluding hydrogens is 310 g/mol. The van der Waals surface area contributed by atoms with E-state index in [2.05, 4.69) is 41.1 Å². The number of benzene rings is 1. The Morgan fingerprint density at radius 3 is 2.52 bits per heavy atom. The molecule has 5 nitrogen and oxygen atoms in total. The van der Waals surface area contributed by atoms with Crippen molar-refractivity contribution in [3.63, 3.8) is 0 Å². The van der Waals surface area contributed by atoms with Gasteiger partial charge in [0.1, 0.15) is 5.82 Å². The van der Waals surface area contributed by atoms with Crippen LogP contribution in [0.5, 0.6) is 0 Å². The summed E-state index contributed by atoms with van der Waals surface area (Å²) in [7, 11) is 2.19. The summed E-state index contributed by atoms with van der Waals surface area (Å²) in [5.74, 6) is 2.76. The van der Waals surface area contributed by atoms with Gasteiger partial charge in [0.15, 0.2) is 5.82 Å². The van der Waals surface area contributed by atoms with Gasteiger partial charge in [-0.15, -0.1) is 0 Å². The van der Waals surface area contributed by atoms with Crippen LogP contribution in [0.25, 0.3) is 11.4 Å². The second kappa shape index (κ2) is 5.77. The van der Waals surface area contributed by atoms with Crippen molar-refractivity contribution in [1.82, 2.24) is 19.9 Å². The van der Waals surface area contributed by atoms with E-state index in [4.69, 9.17) is 15.0 Å². The van der Waals surface area contributed by atoms with E-state index in [9.17, 15) is 0 Å². The first kappa shape index (κ1) is 15.3. The van der Waals surface area contributed by atoms with Crippen LogP contribution < -0.4 is 4.90 Å². The normalized spacial score (nSPS) is 22.0. The molecule has 0 atom stereocenters. The summed E-state index contributed by atoms with van der Waals surface area (Å²) in [6.45, 7) is 4.23. The minimum absolute atomic E-state index is 0.196. The van der Waals surface area contributed by atoms with Crippen LogP contribution in [-0.2, 0) is 11.8 Å². The number of aryl methyl sites for hydroxylation is 1. The number of fused-ring (bicyclic) bond motifs is 3. The van der Waals surface area contributed by atoms with Crippen LogP contribution in [0.15, 0.2) is 24.3 Å². The smallest absolute Gasteiger partial charge is 0.229 e. The fraction of sp³-hybridized carbons (Fsp3) is 0.550. The minimum Gasteiger partial charge on any atom is -0.339 e. The third-order valence-electron chi connectivity index (χ3n) is 6.06. The summed E-state index contributed by atoms with van der Waals surface area (Å²) >= 11 is 0. The van der Waals surface area contributed by atoms with Gasteiger partial charge in [0.05, 0.1) is 0 Å². The first-order valence-corrected chi connectivity index (χ1v) is 9.51. The second-order valence-corrected chi connectivity index (χ2v) is 7.90. The van der Waals surface area contributed by atoms with Gasteiger partial charge in [-0.1, -0.05) is 24.3 Å². The highest BCUT2D eigenvalue weighted by molar-refractivity contribution is 5.57. The minimum atomic E-state index is 0.196. The third kappa shape index (κ3) is 2.80. The lowest BCUT2D eigenvalue weighted by Crippen LogP contribution is -2.31. The number of hydrogen-bond acceptors (Lipinski definition) is 5. The molecule has 1 saturated heterocycles. The molecule has 0 radical (unpaired) electrons. The summed E-state index contributed by atoms with van der Waals surface area (Å²) in [5, 5.41) is 0.